The second kappa shape index (κ2) is 7.94. The van der Waals surface area contributed by atoms with Crippen LogP contribution in [0.5, 0.6) is 5.75 Å². The largest absolute Gasteiger partial charge is 0.489 e. The lowest BCUT2D eigenvalue weighted by Crippen LogP contribution is -2.37. The zero-order chi connectivity index (χ0) is 17.6. The Labute approximate surface area is 147 Å². The first-order valence-corrected chi connectivity index (χ1v) is 8.37. The molecule has 0 bridgehead atoms. The van der Waals surface area contributed by atoms with Gasteiger partial charge in [0, 0.05) is 13.1 Å². The summed E-state index contributed by atoms with van der Waals surface area (Å²) in [6.07, 6.45) is 0.0191. The number of ether oxygens (including phenoxy) is 2. The van der Waals surface area contributed by atoms with Crippen LogP contribution in [-0.2, 0) is 4.74 Å². The van der Waals surface area contributed by atoms with Crippen LogP contribution in [0.25, 0.3) is 0 Å². The van der Waals surface area contributed by atoms with Crippen LogP contribution in [0.15, 0.2) is 36.4 Å². The van der Waals surface area contributed by atoms with Crippen LogP contribution in [0, 0.1) is 0 Å². The van der Waals surface area contributed by atoms with E-state index in [9.17, 15) is 4.79 Å². The third kappa shape index (κ3) is 4.45. The predicted molar refractivity (Wildman–Crippen MR) is 95.2 cm³/mol. The number of amides is 1. The maximum absolute atomic E-state index is 12.4. The van der Waals surface area contributed by atoms with E-state index >= 15 is 0 Å². The normalized spacial score (nSPS) is 14.4. The fourth-order valence-electron chi connectivity index (χ4n) is 2.52. The first-order chi connectivity index (χ1) is 12.1. The molecule has 1 aliphatic rings. The van der Waals surface area contributed by atoms with E-state index in [1.807, 2.05) is 38.1 Å². The number of para-hydroxylation sites is 2. The molecule has 3 rings (SSSR count). The lowest BCUT2D eigenvalue weighted by atomic mass is 10.2. The van der Waals surface area contributed by atoms with Gasteiger partial charge in [-0.1, -0.05) is 12.1 Å². The molecule has 2 aromatic rings. The summed E-state index contributed by atoms with van der Waals surface area (Å²) in [4.78, 5) is 14.5. The molecule has 1 amide bonds. The Bertz CT molecular complexity index is 713. The van der Waals surface area contributed by atoms with E-state index in [0.29, 0.717) is 24.7 Å². The fraction of sp³-hybridized carbons (Fsp3) is 0.389. The van der Waals surface area contributed by atoms with Gasteiger partial charge in [0.1, 0.15) is 5.75 Å². The molecule has 0 atom stereocenters. The Balaban J connectivity index is 1.69. The minimum Gasteiger partial charge on any atom is -0.489 e. The zero-order valence-corrected chi connectivity index (χ0v) is 14.4. The van der Waals surface area contributed by atoms with E-state index in [2.05, 4.69) is 20.4 Å². The van der Waals surface area contributed by atoms with Crippen molar-refractivity contribution in [2.24, 2.45) is 0 Å². The Morgan fingerprint density at radius 1 is 1.16 bits per heavy atom. The second-order valence-electron chi connectivity index (χ2n) is 5.99. The molecule has 1 aliphatic heterocycles. The molecule has 1 fully saturated rings. The summed E-state index contributed by atoms with van der Waals surface area (Å²) in [6, 6.07) is 10.8. The van der Waals surface area contributed by atoms with Crippen molar-refractivity contribution in [2.75, 3.05) is 36.5 Å². The maximum Gasteiger partial charge on any atom is 0.276 e. The molecule has 0 saturated carbocycles. The summed E-state index contributed by atoms with van der Waals surface area (Å²) < 4.78 is 11.0. The first kappa shape index (κ1) is 17.2. The molecule has 7 nitrogen and oxygen atoms in total. The van der Waals surface area contributed by atoms with Gasteiger partial charge in [-0.25, -0.2) is 0 Å². The van der Waals surface area contributed by atoms with Gasteiger partial charge < -0.3 is 19.7 Å². The molecular weight excluding hydrogens is 320 g/mol. The van der Waals surface area contributed by atoms with Gasteiger partial charge in [-0.2, -0.15) is 0 Å². The smallest absolute Gasteiger partial charge is 0.276 e. The highest BCUT2D eigenvalue weighted by molar-refractivity contribution is 6.03. The monoisotopic (exact) mass is 342 g/mol. The third-order valence-electron chi connectivity index (χ3n) is 3.72. The summed E-state index contributed by atoms with van der Waals surface area (Å²) in [5.74, 6) is 1.06. The molecule has 0 unspecified atom stereocenters. The lowest BCUT2D eigenvalue weighted by Gasteiger charge is -2.27. The van der Waals surface area contributed by atoms with Crippen LogP contribution in [0.1, 0.15) is 24.3 Å². The molecule has 1 aromatic carbocycles. The Morgan fingerprint density at radius 3 is 2.60 bits per heavy atom. The number of anilines is 2. The number of rotatable bonds is 5. The average Bonchev–Trinajstić information content (AvgIpc) is 2.64. The van der Waals surface area contributed by atoms with Crippen molar-refractivity contribution >= 4 is 17.4 Å². The Hall–Kier alpha value is -2.67. The van der Waals surface area contributed by atoms with Gasteiger partial charge in [-0.15, -0.1) is 10.2 Å². The number of nitrogens with zero attached hydrogens (tertiary/aromatic N) is 3. The summed E-state index contributed by atoms with van der Waals surface area (Å²) in [5.41, 5.74) is 0.872. The number of carbonyl (C=O) groups excluding carboxylic acids is 1. The standard InChI is InChI=1S/C18H22N4O3/c1-13(2)25-16-6-4-3-5-14(16)19-18(23)15-7-8-17(21-20-15)22-9-11-24-12-10-22/h3-8,13H,9-12H2,1-2H3,(H,19,23). The van der Waals surface area contributed by atoms with Crippen LogP contribution < -0.4 is 15.0 Å². The van der Waals surface area contributed by atoms with Crippen molar-refractivity contribution in [3.05, 3.63) is 42.1 Å². The maximum atomic E-state index is 12.4. The summed E-state index contributed by atoms with van der Waals surface area (Å²) in [6.45, 7) is 6.79. The SMILES string of the molecule is CC(C)Oc1ccccc1NC(=O)c1ccc(N2CCOCC2)nn1. The minimum absolute atomic E-state index is 0.0191. The molecule has 25 heavy (non-hydrogen) atoms. The van der Waals surface area contributed by atoms with Crippen molar-refractivity contribution < 1.29 is 14.3 Å². The lowest BCUT2D eigenvalue weighted by molar-refractivity contribution is 0.102. The van der Waals surface area contributed by atoms with Gasteiger partial charge in [0.05, 0.1) is 25.0 Å². The number of hydrogen-bond acceptors (Lipinski definition) is 6. The molecule has 1 aromatic heterocycles. The third-order valence-corrected chi connectivity index (χ3v) is 3.72. The molecule has 0 spiro atoms. The molecule has 132 valence electrons. The quantitative estimate of drug-likeness (QED) is 0.899. The summed E-state index contributed by atoms with van der Waals surface area (Å²) >= 11 is 0. The highest BCUT2D eigenvalue weighted by Crippen LogP contribution is 2.25. The van der Waals surface area contributed by atoms with Gasteiger partial charge in [0.15, 0.2) is 11.5 Å². The molecule has 2 heterocycles. The van der Waals surface area contributed by atoms with E-state index in [-0.39, 0.29) is 17.7 Å². The van der Waals surface area contributed by atoms with E-state index < -0.39 is 0 Å². The summed E-state index contributed by atoms with van der Waals surface area (Å²) in [5, 5.41) is 11.1. The van der Waals surface area contributed by atoms with Gasteiger partial charge in [0.2, 0.25) is 0 Å². The molecule has 0 radical (unpaired) electrons. The van der Waals surface area contributed by atoms with E-state index in [0.717, 1.165) is 18.9 Å². The van der Waals surface area contributed by atoms with E-state index in [1.54, 1.807) is 12.1 Å². The molecule has 1 N–H and O–H groups in total. The zero-order valence-electron chi connectivity index (χ0n) is 14.4. The number of hydrogen-bond donors (Lipinski definition) is 1. The van der Waals surface area contributed by atoms with Crippen molar-refractivity contribution in [3.63, 3.8) is 0 Å². The number of morpholine rings is 1. The van der Waals surface area contributed by atoms with Crippen LogP contribution in [0.3, 0.4) is 0 Å². The highest BCUT2D eigenvalue weighted by Gasteiger charge is 2.15. The van der Waals surface area contributed by atoms with Gasteiger partial charge in [-0.3, -0.25) is 4.79 Å². The second-order valence-corrected chi connectivity index (χ2v) is 5.99. The fourth-order valence-corrected chi connectivity index (χ4v) is 2.52. The van der Waals surface area contributed by atoms with Crippen molar-refractivity contribution in [1.29, 1.82) is 0 Å². The van der Waals surface area contributed by atoms with Crippen LogP contribution in [0.4, 0.5) is 11.5 Å². The van der Waals surface area contributed by atoms with Crippen LogP contribution in [0.2, 0.25) is 0 Å². The summed E-state index contributed by atoms with van der Waals surface area (Å²) in [7, 11) is 0. The predicted octanol–water partition coefficient (Wildman–Crippen LogP) is 2.35. The molecule has 7 heteroatoms. The number of nitrogens with one attached hydrogen (secondary N) is 1. The topological polar surface area (TPSA) is 76.6 Å². The van der Waals surface area contributed by atoms with E-state index in [1.165, 1.54) is 0 Å². The van der Waals surface area contributed by atoms with Crippen molar-refractivity contribution in [1.82, 2.24) is 10.2 Å². The number of carbonyl (C=O) groups is 1. The van der Waals surface area contributed by atoms with Crippen LogP contribution in [-0.4, -0.2) is 48.5 Å². The first-order valence-electron chi connectivity index (χ1n) is 8.37. The molecule has 0 aliphatic carbocycles. The number of benzene rings is 1. The van der Waals surface area contributed by atoms with Crippen molar-refractivity contribution in [2.45, 2.75) is 20.0 Å². The van der Waals surface area contributed by atoms with Crippen molar-refractivity contribution in [3.8, 4) is 5.75 Å². The Morgan fingerprint density at radius 2 is 1.92 bits per heavy atom. The van der Waals surface area contributed by atoms with Gasteiger partial charge in [-0.05, 0) is 38.1 Å². The molecular formula is C18H22N4O3. The van der Waals surface area contributed by atoms with E-state index in [4.69, 9.17) is 9.47 Å². The van der Waals surface area contributed by atoms with Gasteiger partial charge >= 0.3 is 0 Å². The van der Waals surface area contributed by atoms with Gasteiger partial charge in [0.25, 0.3) is 5.91 Å². The Kier molecular flexibility index (Phi) is 5.45. The van der Waals surface area contributed by atoms with Crippen LogP contribution >= 0.6 is 0 Å². The number of aromatic nitrogens is 2. The highest BCUT2D eigenvalue weighted by atomic mass is 16.5. The minimum atomic E-state index is -0.319. The molecule has 1 saturated heterocycles. The average molecular weight is 342 g/mol.